The fourth-order valence-electron chi connectivity index (χ4n) is 2.22. The van der Waals surface area contributed by atoms with Crippen LogP contribution in [0.15, 0.2) is 63.7 Å². The standard InChI is InChI=1S/C16H11BrN4O/c17-12-3-1-10(2-4-12)15-9-18-16(22-15)20-13-5-6-14-11(7-13)8-19-21-14/h1-9H,(H,18,20)(H,19,21). The summed E-state index contributed by atoms with van der Waals surface area (Å²) in [7, 11) is 0. The van der Waals surface area contributed by atoms with Gasteiger partial charge in [0.1, 0.15) is 0 Å². The molecule has 0 saturated carbocycles. The van der Waals surface area contributed by atoms with E-state index in [2.05, 4.69) is 36.4 Å². The largest absolute Gasteiger partial charge is 0.423 e. The number of aromatic nitrogens is 3. The molecule has 0 fully saturated rings. The lowest BCUT2D eigenvalue weighted by Gasteiger charge is -2.01. The van der Waals surface area contributed by atoms with Crippen LogP contribution in [0.5, 0.6) is 0 Å². The van der Waals surface area contributed by atoms with Gasteiger partial charge in [-0.15, -0.1) is 0 Å². The first-order chi connectivity index (χ1) is 10.8. The normalized spacial score (nSPS) is 11.0. The lowest BCUT2D eigenvalue weighted by Crippen LogP contribution is -1.89. The third kappa shape index (κ3) is 2.48. The van der Waals surface area contributed by atoms with Gasteiger partial charge in [0.15, 0.2) is 5.76 Å². The molecule has 0 amide bonds. The minimum atomic E-state index is 0.459. The number of nitrogens with one attached hydrogen (secondary N) is 2. The van der Waals surface area contributed by atoms with Crippen molar-refractivity contribution < 1.29 is 4.42 Å². The Morgan fingerprint density at radius 2 is 1.91 bits per heavy atom. The zero-order valence-corrected chi connectivity index (χ0v) is 13.0. The summed E-state index contributed by atoms with van der Waals surface area (Å²) in [6.07, 6.45) is 3.49. The summed E-state index contributed by atoms with van der Waals surface area (Å²) in [4.78, 5) is 4.27. The first-order valence-electron chi connectivity index (χ1n) is 6.70. The van der Waals surface area contributed by atoms with Crippen molar-refractivity contribution in [3.05, 3.63) is 59.3 Å². The van der Waals surface area contributed by atoms with Crippen LogP contribution in [0.3, 0.4) is 0 Å². The van der Waals surface area contributed by atoms with Gasteiger partial charge in [-0.2, -0.15) is 5.10 Å². The number of hydrogen-bond acceptors (Lipinski definition) is 4. The van der Waals surface area contributed by atoms with E-state index in [1.165, 1.54) is 0 Å². The van der Waals surface area contributed by atoms with E-state index in [-0.39, 0.29) is 0 Å². The Bertz CT molecular complexity index is 927. The highest BCUT2D eigenvalue weighted by molar-refractivity contribution is 9.10. The van der Waals surface area contributed by atoms with E-state index in [0.29, 0.717) is 6.01 Å². The van der Waals surface area contributed by atoms with Crippen LogP contribution in [0.2, 0.25) is 0 Å². The second kappa shape index (κ2) is 5.31. The highest BCUT2D eigenvalue weighted by Crippen LogP contribution is 2.26. The highest BCUT2D eigenvalue weighted by Gasteiger charge is 2.07. The van der Waals surface area contributed by atoms with Crippen LogP contribution in [0.4, 0.5) is 11.7 Å². The Kier molecular flexibility index (Phi) is 3.16. The predicted octanol–water partition coefficient (Wildman–Crippen LogP) is 4.72. The van der Waals surface area contributed by atoms with Crippen molar-refractivity contribution in [2.75, 3.05) is 5.32 Å². The van der Waals surface area contributed by atoms with E-state index >= 15 is 0 Å². The summed E-state index contributed by atoms with van der Waals surface area (Å²) in [5, 5.41) is 11.1. The molecule has 0 spiro atoms. The van der Waals surface area contributed by atoms with Crippen LogP contribution in [-0.4, -0.2) is 15.2 Å². The Morgan fingerprint density at radius 1 is 1.05 bits per heavy atom. The molecule has 0 aliphatic heterocycles. The first kappa shape index (κ1) is 13.1. The van der Waals surface area contributed by atoms with E-state index < -0.39 is 0 Å². The molecule has 5 nitrogen and oxygen atoms in total. The van der Waals surface area contributed by atoms with Crippen LogP contribution in [0, 0.1) is 0 Å². The molecular formula is C16H11BrN4O. The number of aromatic amines is 1. The molecule has 4 rings (SSSR count). The maximum Gasteiger partial charge on any atom is 0.299 e. The van der Waals surface area contributed by atoms with Gasteiger partial charge in [0.05, 0.1) is 17.9 Å². The average Bonchev–Trinajstić information content (AvgIpc) is 3.17. The monoisotopic (exact) mass is 354 g/mol. The number of oxazole rings is 1. The zero-order chi connectivity index (χ0) is 14.9. The Hall–Kier alpha value is -2.60. The minimum Gasteiger partial charge on any atom is -0.423 e. The quantitative estimate of drug-likeness (QED) is 0.558. The molecule has 0 atom stereocenters. The lowest BCUT2D eigenvalue weighted by molar-refractivity contribution is 0.592. The molecule has 22 heavy (non-hydrogen) atoms. The molecule has 2 N–H and O–H groups in total. The molecule has 0 saturated heterocycles. The second-order valence-corrected chi connectivity index (χ2v) is 5.75. The van der Waals surface area contributed by atoms with E-state index in [9.17, 15) is 0 Å². The van der Waals surface area contributed by atoms with Gasteiger partial charge in [0.2, 0.25) is 0 Å². The van der Waals surface area contributed by atoms with E-state index in [1.807, 2.05) is 42.5 Å². The summed E-state index contributed by atoms with van der Waals surface area (Å²) < 4.78 is 6.78. The predicted molar refractivity (Wildman–Crippen MR) is 89.0 cm³/mol. The van der Waals surface area contributed by atoms with Crippen molar-refractivity contribution in [3.63, 3.8) is 0 Å². The molecule has 0 unspecified atom stereocenters. The molecule has 4 aromatic rings. The van der Waals surface area contributed by atoms with Gasteiger partial charge in [0.25, 0.3) is 6.01 Å². The molecular weight excluding hydrogens is 344 g/mol. The van der Waals surface area contributed by atoms with E-state index in [4.69, 9.17) is 4.42 Å². The molecule has 2 aromatic heterocycles. The van der Waals surface area contributed by atoms with Crippen molar-refractivity contribution in [2.24, 2.45) is 0 Å². The molecule has 2 aromatic carbocycles. The number of hydrogen-bond donors (Lipinski definition) is 2. The molecule has 0 aliphatic carbocycles. The zero-order valence-electron chi connectivity index (χ0n) is 11.4. The molecule has 2 heterocycles. The summed E-state index contributed by atoms with van der Waals surface area (Å²) in [5.41, 5.74) is 2.88. The van der Waals surface area contributed by atoms with Gasteiger partial charge in [-0.25, -0.2) is 4.98 Å². The molecule has 0 bridgehead atoms. The minimum absolute atomic E-state index is 0.459. The summed E-state index contributed by atoms with van der Waals surface area (Å²) in [5.74, 6) is 0.722. The van der Waals surface area contributed by atoms with E-state index in [0.717, 1.165) is 32.4 Å². The fourth-order valence-corrected chi connectivity index (χ4v) is 2.49. The molecule has 0 aliphatic rings. The van der Waals surface area contributed by atoms with Gasteiger partial charge in [-0.3, -0.25) is 5.10 Å². The van der Waals surface area contributed by atoms with Crippen LogP contribution >= 0.6 is 15.9 Å². The number of H-pyrrole nitrogens is 1. The number of benzene rings is 2. The van der Waals surface area contributed by atoms with Gasteiger partial charge in [-0.1, -0.05) is 28.1 Å². The smallest absolute Gasteiger partial charge is 0.299 e. The van der Waals surface area contributed by atoms with Crippen molar-refractivity contribution in [3.8, 4) is 11.3 Å². The summed E-state index contributed by atoms with van der Waals surface area (Å²) in [6.45, 7) is 0. The van der Waals surface area contributed by atoms with Gasteiger partial charge in [0, 0.05) is 21.1 Å². The van der Waals surface area contributed by atoms with Gasteiger partial charge >= 0.3 is 0 Å². The van der Waals surface area contributed by atoms with Crippen molar-refractivity contribution in [1.29, 1.82) is 0 Å². The van der Waals surface area contributed by atoms with Crippen molar-refractivity contribution >= 4 is 38.5 Å². The lowest BCUT2D eigenvalue weighted by atomic mass is 10.2. The van der Waals surface area contributed by atoms with E-state index in [1.54, 1.807) is 12.4 Å². The first-order valence-corrected chi connectivity index (χ1v) is 7.49. The number of nitrogens with zero attached hydrogens (tertiary/aromatic N) is 2. The number of halogens is 1. The maximum absolute atomic E-state index is 5.75. The highest BCUT2D eigenvalue weighted by atomic mass is 79.9. The number of anilines is 2. The van der Waals surface area contributed by atoms with Crippen LogP contribution in [0.25, 0.3) is 22.2 Å². The van der Waals surface area contributed by atoms with Crippen LogP contribution in [-0.2, 0) is 0 Å². The van der Waals surface area contributed by atoms with Gasteiger partial charge < -0.3 is 9.73 Å². The fraction of sp³-hybridized carbons (Fsp3) is 0. The average molecular weight is 355 g/mol. The summed E-state index contributed by atoms with van der Waals surface area (Å²) >= 11 is 3.42. The molecule has 108 valence electrons. The Labute approximate surface area is 134 Å². The summed E-state index contributed by atoms with van der Waals surface area (Å²) in [6, 6.07) is 14.3. The third-order valence-electron chi connectivity index (χ3n) is 3.33. The topological polar surface area (TPSA) is 66.7 Å². The molecule has 0 radical (unpaired) electrons. The van der Waals surface area contributed by atoms with Crippen LogP contribution in [0.1, 0.15) is 0 Å². The van der Waals surface area contributed by atoms with Crippen molar-refractivity contribution in [2.45, 2.75) is 0 Å². The number of rotatable bonds is 3. The molecule has 6 heteroatoms. The Morgan fingerprint density at radius 3 is 2.77 bits per heavy atom. The van der Waals surface area contributed by atoms with Crippen molar-refractivity contribution in [1.82, 2.24) is 15.2 Å². The maximum atomic E-state index is 5.75. The second-order valence-electron chi connectivity index (χ2n) is 4.83. The third-order valence-corrected chi connectivity index (χ3v) is 3.85. The van der Waals surface area contributed by atoms with Gasteiger partial charge in [-0.05, 0) is 30.3 Å². The number of fused-ring (bicyclic) bond motifs is 1. The SMILES string of the molecule is Brc1ccc(-c2cnc(Nc3ccc4[nH]ncc4c3)o2)cc1. The Balaban J connectivity index is 1.59. The van der Waals surface area contributed by atoms with Crippen LogP contribution < -0.4 is 5.32 Å².